The lowest BCUT2D eigenvalue weighted by molar-refractivity contribution is 0.190. The van der Waals surface area contributed by atoms with Crippen LogP contribution in [0.2, 0.25) is 0 Å². The van der Waals surface area contributed by atoms with Gasteiger partial charge in [-0.05, 0) is 59.5 Å². The second-order valence-electron chi connectivity index (χ2n) is 6.66. The number of likely N-dealkylation sites (tertiary alicyclic amines) is 1. The molecule has 4 rings (SSSR count). The number of nitrogens with zero attached hydrogens (tertiary/aromatic N) is 2. The maximum Gasteiger partial charge on any atom is 0.319 e. The molecule has 0 radical (unpaired) electrons. The molecule has 0 bridgehead atoms. The average molecular weight is 382 g/mol. The molecule has 1 fully saturated rings. The lowest BCUT2D eigenvalue weighted by atomic mass is 10.0. The molecule has 0 atom stereocenters. The van der Waals surface area contributed by atoms with Gasteiger partial charge in [0.1, 0.15) is 5.69 Å². The number of carbonyl (C=O) groups excluding carboxylic acids is 1. The number of nitrogens with one attached hydrogen (secondary N) is 2. The molecule has 3 aromatic rings. The van der Waals surface area contributed by atoms with Crippen LogP contribution < -0.4 is 10.6 Å². The Bertz CT molecular complexity index is 856. The molecule has 4 heterocycles. The molecule has 1 saturated heterocycles. The molecule has 0 unspecified atom stereocenters. The van der Waals surface area contributed by atoms with E-state index >= 15 is 0 Å². The van der Waals surface area contributed by atoms with Crippen LogP contribution in [-0.2, 0) is 6.54 Å². The average Bonchev–Trinajstić information content (AvgIpc) is 3.38. The van der Waals surface area contributed by atoms with Crippen molar-refractivity contribution in [2.24, 2.45) is 0 Å². The summed E-state index contributed by atoms with van der Waals surface area (Å²) in [5, 5.41) is 10.3. The van der Waals surface area contributed by atoms with Gasteiger partial charge in [0.15, 0.2) is 5.76 Å². The molecule has 140 valence electrons. The van der Waals surface area contributed by atoms with Gasteiger partial charge in [-0.2, -0.15) is 11.3 Å². The Morgan fingerprint density at radius 2 is 2.15 bits per heavy atom. The minimum atomic E-state index is -0.202. The summed E-state index contributed by atoms with van der Waals surface area (Å²) in [6.07, 6.45) is 5.19. The normalized spacial score (nSPS) is 15.6. The predicted octanol–water partition coefficient (Wildman–Crippen LogP) is 4.19. The minimum Gasteiger partial charge on any atom is -0.463 e. The zero-order valence-corrected chi connectivity index (χ0v) is 15.7. The highest BCUT2D eigenvalue weighted by molar-refractivity contribution is 7.07. The first-order chi connectivity index (χ1) is 13.3. The van der Waals surface area contributed by atoms with E-state index in [9.17, 15) is 4.79 Å². The fraction of sp³-hybridized carbons (Fsp3) is 0.300. The number of urea groups is 1. The lowest BCUT2D eigenvalue weighted by Gasteiger charge is -2.32. The number of thiophene rings is 1. The standard InChI is InChI=1S/C20H22N4O2S/c25-20(23-17-3-1-8-21-19(17)18-4-2-11-26-18)22-16-5-9-24(10-6-16)13-15-7-12-27-14-15/h1-4,7-8,11-12,14,16H,5-6,9-10,13H2,(H2,22,23,25). The molecule has 6 nitrogen and oxygen atoms in total. The van der Waals surface area contributed by atoms with Gasteiger partial charge >= 0.3 is 6.03 Å². The summed E-state index contributed by atoms with van der Waals surface area (Å²) in [6.45, 7) is 2.97. The summed E-state index contributed by atoms with van der Waals surface area (Å²) in [5.74, 6) is 0.632. The smallest absolute Gasteiger partial charge is 0.319 e. The van der Waals surface area contributed by atoms with Crippen LogP contribution in [0.5, 0.6) is 0 Å². The monoisotopic (exact) mass is 382 g/mol. The predicted molar refractivity (Wildman–Crippen MR) is 107 cm³/mol. The van der Waals surface area contributed by atoms with Gasteiger partial charge in [0.25, 0.3) is 0 Å². The number of pyridine rings is 1. The van der Waals surface area contributed by atoms with E-state index < -0.39 is 0 Å². The van der Waals surface area contributed by atoms with E-state index in [1.165, 1.54) is 5.56 Å². The number of anilines is 1. The molecule has 1 aliphatic rings. The summed E-state index contributed by atoms with van der Waals surface area (Å²) in [4.78, 5) is 19.2. The van der Waals surface area contributed by atoms with Crippen molar-refractivity contribution in [3.8, 4) is 11.5 Å². The highest BCUT2D eigenvalue weighted by Crippen LogP contribution is 2.25. The number of rotatable bonds is 5. The summed E-state index contributed by atoms with van der Waals surface area (Å²) >= 11 is 1.73. The largest absolute Gasteiger partial charge is 0.463 e. The van der Waals surface area contributed by atoms with Crippen LogP contribution >= 0.6 is 11.3 Å². The first kappa shape index (κ1) is 17.8. The van der Waals surface area contributed by atoms with Crippen LogP contribution in [0.4, 0.5) is 10.5 Å². The Hall–Kier alpha value is -2.64. The third-order valence-corrected chi connectivity index (χ3v) is 5.45. The molecular formula is C20H22N4O2S. The molecular weight excluding hydrogens is 360 g/mol. The van der Waals surface area contributed by atoms with Crippen LogP contribution in [0.3, 0.4) is 0 Å². The number of piperidine rings is 1. The van der Waals surface area contributed by atoms with E-state index in [-0.39, 0.29) is 12.1 Å². The van der Waals surface area contributed by atoms with Gasteiger partial charge in [-0.1, -0.05) is 0 Å². The van der Waals surface area contributed by atoms with Crippen molar-refractivity contribution in [3.05, 3.63) is 59.1 Å². The van der Waals surface area contributed by atoms with Gasteiger partial charge in [0.05, 0.1) is 12.0 Å². The Balaban J connectivity index is 1.29. The van der Waals surface area contributed by atoms with Gasteiger partial charge in [-0.25, -0.2) is 4.79 Å². The zero-order valence-electron chi connectivity index (χ0n) is 14.9. The highest BCUT2D eigenvalue weighted by atomic mass is 32.1. The first-order valence-electron chi connectivity index (χ1n) is 9.08. The number of carbonyl (C=O) groups is 1. The summed E-state index contributed by atoms with van der Waals surface area (Å²) in [6, 6.07) is 9.41. The van der Waals surface area contributed by atoms with Gasteiger partial charge in [0.2, 0.25) is 0 Å². The van der Waals surface area contributed by atoms with Crippen LogP contribution in [-0.4, -0.2) is 35.0 Å². The summed E-state index contributed by atoms with van der Waals surface area (Å²) in [7, 11) is 0. The van der Waals surface area contributed by atoms with E-state index in [2.05, 4.69) is 37.3 Å². The fourth-order valence-electron chi connectivity index (χ4n) is 3.34. The van der Waals surface area contributed by atoms with Crippen molar-refractivity contribution in [2.45, 2.75) is 25.4 Å². The Labute approximate surface area is 162 Å². The molecule has 0 saturated carbocycles. The highest BCUT2D eigenvalue weighted by Gasteiger charge is 2.21. The molecule has 0 spiro atoms. The van der Waals surface area contributed by atoms with E-state index in [1.54, 1.807) is 35.9 Å². The second kappa shape index (κ2) is 8.37. The Kier molecular flexibility index (Phi) is 5.50. The van der Waals surface area contributed by atoms with Crippen molar-refractivity contribution in [2.75, 3.05) is 18.4 Å². The molecule has 2 N–H and O–H groups in total. The van der Waals surface area contributed by atoms with E-state index in [0.29, 0.717) is 17.1 Å². The minimum absolute atomic E-state index is 0.187. The van der Waals surface area contributed by atoms with Crippen LogP contribution in [0.15, 0.2) is 58.0 Å². The molecule has 7 heteroatoms. The van der Waals surface area contributed by atoms with Crippen molar-refractivity contribution < 1.29 is 9.21 Å². The van der Waals surface area contributed by atoms with Gasteiger partial charge in [-0.15, -0.1) is 0 Å². The molecule has 27 heavy (non-hydrogen) atoms. The van der Waals surface area contributed by atoms with Crippen molar-refractivity contribution in [3.63, 3.8) is 0 Å². The van der Waals surface area contributed by atoms with Crippen LogP contribution in [0.1, 0.15) is 18.4 Å². The van der Waals surface area contributed by atoms with Crippen molar-refractivity contribution in [1.29, 1.82) is 0 Å². The Morgan fingerprint density at radius 1 is 1.26 bits per heavy atom. The van der Waals surface area contributed by atoms with E-state index in [1.807, 2.05) is 12.1 Å². The number of hydrogen-bond acceptors (Lipinski definition) is 5. The zero-order chi connectivity index (χ0) is 18.5. The van der Waals surface area contributed by atoms with Crippen LogP contribution in [0.25, 0.3) is 11.5 Å². The molecule has 3 aromatic heterocycles. The molecule has 0 aromatic carbocycles. The van der Waals surface area contributed by atoms with Gasteiger partial charge in [0, 0.05) is 31.9 Å². The SMILES string of the molecule is O=C(Nc1cccnc1-c1ccco1)NC1CCN(Cc2ccsc2)CC1. The topological polar surface area (TPSA) is 70.4 Å². The van der Waals surface area contributed by atoms with Gasteiger partial charge < -0.3 is 15.1 Å². The van der Waals surface area contributed by atoms with Crippen molar-refractivity contribution in [1.82, 2.24) is 15.2 Å². The first-order valence-corrected chi connectivity index (χ1v) is 10.0. The second-order valence-corrected chi connectivity index (χ2v) is 7.44. The number of aromatic nitrogens is 1. The quantitative estimate of drug-likeness (QED) is 0.694. The summed E-state index contributed by atoms with van der Waals surface area (Å²) < 4.78 is 5.41. The lowest BCUT2D eigenvalue weighted by Crippen LogP contribution is -2.45. The molecule has 2 amide bonds. The van der Waals surface area contributed by atoms with E-state index in [4.69, 9.17) is 4.42 Å². The van der Waals surface area contributed by atoms with Gasteiger partial charge in [-0.3, -0.25) is 9.88 Å². The molecule has 0 aliphatic carbocycles. The third kappa shape index (κ3) is 4.56. The fourth-order valence-corrected chi connectivity index (χ4v) is 4.00. The maximum atomic E-state index is 12.4. The van der Waals surface area contributed by atoms with Crippen LogP contribution in [0, 0.1) is 0 Å². The molecule has 1 aliphatic heterocycles. The number of amides is 2. The maximum absolute atomic E-state index is 12.4. The number of furan rings is 1. The third-order valence-electron chi connectivity index (χ3n) is 4.72. The Morgan fingerprint density at radius 3 is 2.89 bits per heavy atom. The van der Waals surface area contributed by atoms with E-state index in [0.717, 1.165) is 32.5 Å². The number of hydrogen-bond donors (Lipinski definition) is 2. The van der Waals surface area contributed by atoms with Crippen molar-refractivity contribution >= 4 is 23.1 Å². The summed E-state index contributed by atoms with van der Waals surface area (Å²) in [5.41, 5.74) is 2.63.